The van der Waals surface area contributed by atoms with Crippen LogP contribution in [0.4, 0.5) is 0 Å². The van der Waals surface area contributed by atoms with Gasteiger partial charge in [0.25, 0.3) is 11.8 Å². The number of hydrogen-bond acceptors (Lipinski definition) is 4. The van der Waals surface area contributed by atoms with Gasteiger partial charge in [0.15, 0.2) is 6.61 Å². The van der Waals surface area contributed by atoms with Crippen molar-refractivity contribution in [1.82, 2.24) is 5.32 Å². The van der Waals surface area contributed by atoms with Crippen molar-refractivity contribution in [3.8, 4) is 0 Å². The molecule has 112 valence electrons. The number of ether oxygens (including phenoxy) is 1. The summed E-state index contributed by atoms with van der Waals surface area (Å²) in [6.07, 6.45) is 4.77. The first-order chi connectivity index (χ1) is 10.1. The van der Waals surface area contributed by atoms with E-state index in [-0.39, 0.29) is 5.97 Å². The molecule has 0 radical (unpaired) electrons. The fraction of sp³-hybridized carbons (Fsp3) is 0.438. The van der Waals surface area contributed by atoms with Crippen LogP contribution in [0.3, 0.4) is 0 Å². The van der Waals surface area contributed by atoms with Crippen molar-refractivity contribution < 1.29 is 19.1 Å². The van der Waals surface area contributed by atoms with Gasteiger partial charge in [0.1, 0.15) is 0 Å². The number of imide groups is 1. The van der Waals surface area contributed by atoms with E-state index in [1.807, 2.05) is 0 Å². The van der Waals surface area contributed by atoms with Crippen LogP contribution >= 0.6 is 0 Å². The maximum atomic E-state index is 11.7. The molecular weight excluding hydrogens is 270 g/mol. The second-order valence-corrected chi connectivity index (χ2v) is 5.26. The van der Waals surface area contributed by atoms with Crippen LogP contribution in [-0.4, -0.2) is 24.4 Å². The average Bonchev–Trinajstić information content (AvgIpc) is 2.99. The van der Waals surface area contributed by atoms with Gasteiger partial charge < -0.3 is 4.74 Å². The molecule has 0 bridgehead atoms. The Labute approximate surface area is 123 Å². The van der Waals surface area contributed by atoms with Crippen molar-refractivity contribution in [3.63, 3.8) is 0 Å². The van der Waals surface area contributed by atoms with Gasteiger partial charge in [-0.15, -0.1) is 0 Å². The molecule has 1 saturated carbocycles. The minimum absolute atomic E-state index is 0.361. The third-order valence-electron chi connectivity index (χ3n) is 3.58. The van der Waals surface area contributed by atoms with E-state index in [1.165, 1.54) is 0 Å². The lowest BCUT2D eigenvalue weighted by Gasteiger charge is -2.09. The van der Waals surface area contributed by atoms with E-state index in [9.17, 15) is 14.4 Å². The zero-order valence-corrected chi connectivity index (χ0v) is 11.8. The Morgan fingerprint density at radius 1 is 1.10 bits per heavy atom. The molecule has 5 heteroatoms. The minimum atomic E-state index is -0.608. The topological polar surface area (TPSA) is 72.5 Å². The van der Waals surface area contributed by atoms with Gasteiger partial charge in [-0.25, -0.2) is 0 Å². The molecule has 1 aliphatic carbocycles. The van der Waals surface area contributed by atoms with Gasteiger partial charge in [-0.2, -0.15) is 0 Å². The fourth-order valence-electron chi connectivity index (χ4n) is 2.48. The molecule has 1 aromatic carbocycles. The molecule has 2 rings (SSSR count). The number of benzene rings is 1. The molecule has 1 N–H and O–H groups in total. The van der Waals surface area contributed by atoms with E-state index in [1.54, 1.807) is 30.3 Å². The van der Waals surface area contributed by atoms with E-state index in [2.05, 4.69) is 5.32 Å². The van der Waals surface area contributed by atoms with Crippen LogP contribution < -0.4 is 5.32 Å². The normalized spacial score (nSPS) is 14.7. The maximum Gasteiger partial charge on any atom is 0.306 e. The molecule has 0 spiro atoms. The molecule has 0 heterocycles. The predicted octanol–water partition coefficient (Wildman–Crippen LogP) is 2.07. The summed E-state index contributed by atoms with van der Waals surface area (Å²) in [5, 5.41) is 2.19. The Morgan fingerprint density at radius 2 is 1.76 bits per heavy atom. The molecule has 1 fully saturated rings. The van der Waals surface area contributed by atoms with E-state index in [4.69, 9.17) is 4.74 Å². The number of rotatable bonds is 5. The summed E-state index contributed by atoms with van der Waals surface area (Å²) >= 11 is 0. The van der Waals surface area contributed by atoms with Crippen molar-refractivity contribution in [1.29, 1.82) is 0 Å². The second kappa shape index (κ2) is 7.57. The first-order valence-corrected chi connectivity index (χ1v) is 7.20. The van der Waals surface area contributed by atoms with Crippen LogP contribution in [0.1, 0.15) is 42.5 Å². The highest BCUT2D eigenvalue weighted by Gasteiger charge is 2.20. The monoisotopic (exact) mass is 289 g/mol. The average molecular weight is 289 g/mol. The highest BCUT2D eigenvalue weighted by molar-refractivity contribution is 6.05. The summed E-state index contributed by atoms with van der Waals surface area (Å²) in [7, 11) is 0. The first kappa shape index (κ1) is 15.2. The van der Waals surface area contributed by atoms with E-state index < -0.39 is 18.4 Å². The van der Waals surface area contributed by atoms with Gasteiger partial charge >= 0.3 is 5.97 Å². The quantitative estimate of drug-likeness (QED) is 0.842. The van der Waals surface area contributed by atoms with Crippen molar-refractivity contribution in [3.05, 3.63) is 35.9 Å². The van der Waals surface area contributed by atoms with Gasteiger partial charge in [0.05, 0.1) is 0 Å². The lowest BCUT2D eigenvalue weighted by atomic mass is 10.1. The third-order valence-corrected chi connectivity index (χ3v) is 3.58. The van der Waals surface area contributed by atoms with Crippen LogP contribution in [0.25, 0.3) is 0 Å². The number of hydrogen-bond donors (Lipinski definition) is 1. The Kier molecular flexibility index (Phi) is 5.49. The van der Waals surface area contributed by atoms with Crippen molar-refractivity contribution >= 4 is 17.8 Å². The number of amides is 2. The number of nitrogens with one attached hydrogen (secondary N) is 1. The van der Waals surface area contributed by atoms with Gasteiger partial charge in [-0.05, 0) is 30.9 Å². The summed E-state index contributed by atoms with van der Waals surface area (Å²) in [5.41, 5.74) is 0.392. The van der Waals surface area contributed by atoms with E-state index >= 15 is 0 Å². The van der Waals surface area contributed by atoms with Crippen LogP contribution in [0.15, 0.2) is 30.3 Å². The molecule has 21 heavy (non-hydrogen) atoms. The van der Waals surface area contributed by atoms with Gasteiger partial charge in [0.2, 0.25) is 0 Å². The summed E-state index contributed by atoms with van der Waals surface area (Å²) in [5.74, 6) is -1.09. The van der Waals surface area contributed by atoms with E-state index in [0.717, 1.165) is 25.7 Å². The number of esters is 1. The summed E-state index contributed by atoms with van der Waals surface area (Å²) in [6, 6.07) is 8.41. The van der Waals surface area contributed by atoms with Crippen molar-refractivity contribution in [2.45, 2.75) is 32.1 Å². The highest BCUT2D eigenvalue weighted by atomic mass is 16.5. The number of carbonyl (C=O) groups excluding carboxylic acids is 3. The smallest absolute Gasteiger partial charge is 0.306 e. The highest BCUT2D eigenvalue weighted by Crippen LogP contribution is 2.27. The lowest BCUT2D eigenvalue weighted by molar-refractivity contribution is -0.149. The Balaban J connectivity index is 1.69. The van der Waals surface area contributed by atoms with Crippen LogP contribution in [0.2, 0.25) is 0 Å². The largest absolute Gasteiger partial charge is 0.456 e. The SMILES string of the molecule is O=C(COC(=O)CC1CCCC1)NC(=O)c1ccccc1. The van der Waals surface area contributed by atoms with E-state index in [0.29, 0.717) is 17.9 Å². The molecule has 0 atom stereocenters. The molecule has 0 aromatic heterocycles. The molecule has 5 nitrogen and oxygen atoms in total. The van der Waals surface area contributed by atoms with Crippen molar-refractivity contribution in [2.24, 2.45) is 5.92 Å². The Hall–Kier alpha value is -2.17. The molecule has 1 aliphatic rings. The molecule has 0 unspecified atom stereocenters. The molecular formula is C16H19NO4. The molecule has 2 amide bonds. The predicted molar refractivity (Wildman–Crippen MR) is 76.4 cm³/mol. The lowest BCUT2D eigenvalue weighted by Crippen LogP contribution is -2.34. The summed E-state index contributed by atoms with van der Waals surface area (Å²) < 4.78 is 4.90. The molecule has 0 saturated heterocycles. The van der Waals surface area contributed by atoms with Crippen molar-refractivity contribution in [2.75, 3.05) is 6.61 Å². The number of carbonyl (C=O) groups is 3. The zero-order chi connectivity index (χ0) is 15.1. The summed E-state index contributed by atoms with van der Waals surface area (Å²) in [6.45, 7) is -0.413. The fourth-order valence-corrected chi connectivity index (χ4v) is 2.48. The first-order valence-electron chi connectivity index (χ1n) is 7.20. The maximum absolute atomic E-state index is 11.7. The van der Waals surface area contributed by atoms with Gasteiger partial charge in [0, 0.05) is 12.0 Å². The summed E-state index contributed by atoms with van der Waals surface area (Å²) in [4.78, 5) is 34.8. The van der Waals surface area contributed by atoms with Gasteiger partial charge in [-0.1, -0.05) is 31.0 Å². The second-order valence-electron chi connectivity index (χ2n) is 5.26. The standard InChI is InChI=1S/C16H19NO4/c18-14(17-16(20)13-8-2-1-3-9-13)11-21-15(19)10-12-6-4-5-7-12/h1-3,8-9,12H,4-7,10-11H2,(H,17,18,20). The van der Waals surface area contributed by atoms with Crippen LogP contribution in [0.5, 0.6) is 0 Å². The Bertz CT molecular complexity index is 506. The Morgan fingerprint density at radius 3 is 2.43 bits per heavy atom. The van der Waals surface area contributed by atoms with Crippen LogP contribution in [0, 0.1) is 5.92 Å². The molecule has 0 aliphatic heterocycles. The zero-order valence-electron chi connectivity index (χ0n) is 11.8. The third kappa shape index (κ3) is 5.02. The molecule has 1 aromatic rings. The minimum Gasteiger partial charge on any atom is -0.456 e. The van der Waals surface area contributed by atoms with Crippen LogP contribution in [-0.2, 0) is 14.3 Å². The van der Waals surface area contributed by atoms with Gasteiger partial charge in [-0.3, -0.25) is 19.7 Å².